The topological polar surface area (TPSA) is 79.8 Å². The number of hydrogen-bond donors (Lipinski definition) is 2. The molecule has 2 aromatic rings. The molecule has 152 valence electrons. The second-order valence-electron chi connectivity index (χ2n) is 6.45. The molecule has 0 atom stereocenters. The molecule has 2 rings (SSSR count). The third kappa shape index (κ3) is 7.19. The number of halogens is 1. The average molecular weight is 408 g/mol. The molecule has 0 aliphatic carbocycles. The maximum absolute atomic E-state index is 13.6. The Bertz CT molecular complexity index is 930. The summed E-state index contributed by atoms with van der Waals surface area (Å²) in [5, 5.41) is 6.18. The summed E-state index contributed by atoms with van der Waals surface area (Å²) in [6.07, 6.45) is 1.16. The van der Waals surface area contributed by atoms with Crippen LogP contribution in [0.3, 0.4) is 0 Å². The number of aliphatic imine (C=N–C) groups is 1. The maximum atomic E-state index is 13.6. The normalized spacial score (nSPS) is 11.9. The maximum Gasteiger partial charge on any atom is 0.191 e. The predicted octanol–water partition coefficient (Wildman–Crippen LogP) is 2.42. The number of guanidine groups is 1. The van der Waals surface area contributed by atoms with Crippen molar-refractivity contribution in [3.8, 4) is 5.75 Å². The molecule has 0 fully saturated rings. The molecule has 0 heterocycles. The number of para-hydroxylation sites is 1. The summed E-state index contributed by atoms with van der Waals surface area (Å²) in [7, 11) is -1.59. The first kappa shape index (κ1) is 21.7. The van der Waals surface area contributed by atoms with Gasteiger partial charge in [-0.25, -0.2) is 12.8 Å². The number of ether oxygens (including phenoxy) is 1. The Morgan fingerprint density at radius 2 is 1.89 bits per heavy atom. The van der Waals surface area contributed by atoms with Gasteiger partial charge in [0.05, 0.1) is 12.3 Å². The third-order valence-electron chi connectivity index (χ3n) is 4.00. The van der Waals surface area contributed by atoms with Crippen molar-refractivity contribution in [1.82, 2.24) is 10.6 Å². The summed E-state index contributed by atoms with van der Waals surface area (Å²) in [5.41, 5.74) is 2.20. The van der Waals surface area contributed by atoms with E-state index in [1.165, 1.54) is 18.2 Å². The Balaban J connectivity index is 1.88. The van der Waals surface area contributed by atoms with Crippen molar-refractivity contribution in [3.05, 3.63) is 65.0 Å². The third-order valence-corrected chi connectivity index (χ3v) is 4.84. The van der Waals surface area contributed by atoms with E-state index >= 15 is 0 Å². The number of sulfone groups is 1. The summed E-state index contributed by atoms with van der Waals surface area (Å²) >= 11 is 0. The van der Waals surface area contributed by atoms with Crippen LogP contribution < -0.4 is 15.4 Å². The number of rotatable bonds is 8. The van der Waals surface area contributed by atoms with Crippen molar-refractivity contribution in [3.63, 3.8) is 0 Å². The molecule has 0 unspecified atom stereocenters. The van der Waals surface area contributed by atoms with Gasteiger partial charge in [-0.15, -0.1) is 0 Å². The van der Waals surface area contributed by atoms with Crippen LogP contribution in [0.1, 0.15) is 16.7 Å². The van der Waals surface area contributed by atoms with Crippen molar-refractivity contribution < 1.29 is 17.5 Å². The van der Waals surface area contributed by atoms with E-state index in [0.29, 0.717) is 30.2 Å². The fourth-order valence-electron chi connectivity index (χ4n) is 2.63. The lowest BCUT2D eigenvalue weighted by Gasteiger charge is -2.15. The summed E-state index contributed by atoms with van der Waals surface area (Å²) in [6.45, 7) is 3.20. The molecule has 0 spiro atoms. The average Bonchev–Trinajstić information content (AvgIpc) is 2.63. The van der Waals surface area contributed by atoms with Crippen LogP contribution in [0.5, 0.6) is 5.75 Å². The van der Waals surface area contributed by atoms with Gasteiger partial charge >= 0.3 is 0 Å². The Morgan fingerprint density at radius 1 is 1.14 bits per heavy atom. The molecule has 28 heavy (non-hydrogen) atoms. The highest BCUT2D eigenvalue weighted by atomic mass is 32.2. The van der Waals surface area contributed by atoms with Crippen LogP contribution in [0.4, 0.5) is 4.39 Å². The molecule has 0 aliphatic rings. The molecule has 0 saturated carbocycles. The van der Waals surface area contributed by atoms with Crippen LogP contribution >= 0.6 is 0 Å². The van der Waals surface area contributed by atoms with Crippen LogP contribution in [0.25, 0.3) is 0 Å². The summed E-state index contributed by atoms with van der Waals surface area (Å²) in [5.74, 6) is 0.796. The number of hydrogen-bond acceptors (Lipinski definition) is 4. The van der Waals surface area contributed by atoms with Crippen LogP contribution in [0.2, 0.25) is 0 Å². The molecule has 0 radical (unpaired) electrons. The quantitative estimate of drug-likeness (QED) is 0.399. The molecule has 8 heteroatoms. The van der Waals surface area contributed by atoms with E-state index in [2.05, 4.69) is 15.6 Å². The molecule has 0 bridgehead atoms. The van der Waals surface area contributed by atoms with Gasteiger partial charge in [-0.3, -0.25) is 4.99 Å². The van der Waals surface area contributed by atoms with Crippen molar-refractivity contribution >= 4 is 15.8 Å². The van der Waals surface area contributed by atoms with E-state index in [0.717, 1.165) is 17.6 Å². The van der Waals surface area contributed by atoms with Gasteiger partial charge in [-0.1, -0.05) is 24.3 Å². The first-order valence-electron chi connectivity index (χ1n) is 8.86. The van der Waals surface area contributed by atoms with Crippen molar-refractivity contribution in [1.29, 1.82) is 0 Å². The van der Waals surface area contributed by atoms with Crippen LogP contribution in [0.15, 0.2) is 47.5 Å². The lowest BCUT2D eigenvalue weighted by molar-refractivity contribution is 0.320. The lowest BCUT2D eigenvalue weighted by Crippen LogP contribution is -2.39. The van der Waals surface area contributed by atoms with Gasteiger partial charge in [0.25, 0.3) is 0 Å². The van der Waals surface area contributed by atoms with E-state index in [-0.39, 0.29) is 12.3 Å². The second kappa shape index (κ2) is 10.1. The van der Waals surface area contributed by atoms with E-state index < -0.39 is 15.7 Å². The number of nitrogens with zero attached hydrogens (tertiary/aromatic N) is 1. The minimum absolute atomic E-state index is 0.138. The Kier molecular flexibility index (Phi) is 7.80. The molecule has 0 amide bonds. The van der Waals surface area contributed by atoms with Crippen molar-refractivity contribution in [2.45, 2.75) is 19.2 Å². The highest BCUT2D eigenvalue weighted by Crippen LogP contribution is 2.16. The molecule has 0 aliphatic heterocycles. The van der Waals surface area contributed by atoms with Crippen LogP contribution in [0, 0.1) is 12.7 Å². The van der Waals surface area contributed by atoms with Gasteiger partial charge in [0.1, 0.15) is 18.2 Å². The van der Waals surface area contributed by atoms with Crippen molar-refractivity contribution in [2.75, 3.05) is 26.5 Å². The number of nitrogens with one attached hydrogen (secondary N) is 2. The van der Waals surface area contributed by atoms with Gasteiger partial charge in [0, 0.05) is 19.8 Å². The molecule has 0 aromatic heterocycles. The largest absolute Gasteiger partial charge is 0.491 e. The standard InChI is InChI=1S/C20H26FN3O3S/c1-15-6-4-5-7-19(15)27-11-10-23-20(22-2)24-13-17-12-18(21)9-8-16(17)14-28(3,25)26/h4-9,12H,10-11,13-14H2,1-3H3,(H2,22,23,24). The zero-order chi connectivity index (χ0) is 20.6. The highest BCUT2D eigenvalue weighted by Gasteiger charge is 2.11. The molecule has 2 aromatic carbocycles. The molecular formula is C20H26FN3O3S. The summed E-state index contributed by atoms with van der Waals surface area (Å²) < 4.78 is 42.5. The van der Waals surface area contributed by atoms with Crippen molar-refractivity contribution in [2.24, 2.45) is 4.99 Å². The molecule has 0 saturated heterocycles. The smallest absolute Gasteiger partial charge is 0.191 e. The van der Waals surface area contributed by atoms with Gasteiger partial charge in [0.15, 0.2) is 15.8 Å². The zero-order valence-corrected chi connectivity index (χ0v) is 17.1. The molecule has 2 N–H and O–H groups in total. The van der Waals surface area contributed by atoms with Gasteiger partial charge in [-0.2, -0.15) is 0 Å². The minimum Gasteiger partial charge on any atom is -0.491 e. The fourth-order valence-corrected chi connectivity index (χ4v) is 3.48. The SMILES string of the molecule is CN=C(NCCOc1ccccc1C)NCc1cc(F)ccc1CS(C)(=O)=O. The Labute approximate surface area is 165 Å². The molecule has 6 nitrogen and oxygen atoms in total. The minimum atomic E-state index is -3.22. The van der Waals surface area contributed by atoms with Crippen LogP contribution in [-0.2, 0) is 22.1 Å². The number of aryl methyl sites for hydroxylation is 1. The summed E-state index contributed by atoms with van der Waals surface area (Å²) in [6, 6.07) is 11.9. The first-order valence-corrected chi connectivity index (χ1v) is 10.9. The van der Waals surface area contributed by atoms with Gasteiger partial charge in [-0.05, 0) is 41.8 Å². The van der Waals surface area contributed by atoms with E-state index in [9.17, 15) is 12.8 Å². The Morgan fingerprint density at radius 3 is 2.57 bits per heavy atom. The van der Waals surface area contributed by atoms with Gasteiger partial charge in [0.2, 0.25) is 0 Å². The Hall–Kier alpha value is -2.61. The van der Waals surface area contributed by atoms with Gasteiger partial charge < -0.3 is 15.4 Å². The molecular weight excluding hydrogens is 381 g/mol. The zero-order valence-electron chi connectivity index (χ0n) is 16.3. The van der Waals surface area contributed by atoms with E-state index in [1.54, 1.807) is 7.05 Å². The fraction of sp³-hybridized carbons (Fsp3) is 0.350. The second-order valence-corrected chi connectivity index (χ2v) is 8.59. The predicted molar refractivity (Wildman–Crippen MR) is 110 cm³/mol. The first-order chi connectivity index (χ1) is 13.3. The monoisotopic (exact) mass is 407 g/mol. The van der Waals surface area contributed by atoms with Crippen LogP contribution in [-0.4, -0.2) is 40.8 Å². The van der Waals surface area contributed by atoms with E-state index in [4.69, 9.17) is 4.74 Å². The van der Waals surface area contributed by atoms with E-state index in [1.807, 2.05) is 31.2 Å². The number of benzene rings is 2. The lowest BCUT2D eigenvalue weighted by atomic mass is 10.1. The summed E-state index contributed by atoms with van der Waals surface area (Å²) in [4.78, 5) is 4.12. The highest BCUT2D eigenvalue weighted by molar-refractivity contribution is 7.89.